The van der Waals surface area contributed by atoms with Crippen LogP contribution in [0.4, 0.5) is 13.2 Å². The number of alkyl halides is 3. The molecule has 0 bridgehead atoms. The maximum absolute atomic E-state index is 12.7. The number of hydrogen-bond donors (Lipinski definition) is 0. The summed E-state index contributed by atoms with van der Waals surface area (Å²) in [5.41, 5.74) is -1.00. The van der Waals surface area contributed by atoms with Crippen LogP contribution in [0.5, 0.6) is 11.8 Å². The Hall–Kier alpha value is -2.47. The molecule has 0 atom stereocenters. The van der Waals surface area contributed by atoms with E-state index in [1.54, 1.807) is 6.07 Å². The highest BCUT2D eigenvalue weighted by atomic mass is 32.2. The molecule has 1 heterocycles. The van der Waals surface area contributed by atoms with Crippen molar-refractivity contribution in [1.82, 2.24) is 9.97 Å². The Bertz CT molecular complexity index is 738. The molecule has 0 aliphatic rings. The van der Waals surface area contributed by atoms with Crippen LogP contribution < -0.4 is 9.47 Å². The third-order valence-electron chi connectivity index (χ3n) is 2.71. The van der Waals surface area contributed by atoms with Gasteiger partial charge in [0.25, 0.3) is 0 Å². The van der Waals surface area contributed by atoms with Gasteiger partial charge in [-0.25, -0.2) is 0 Å². The third kappa shape index (κ3) is 4.04. The van der Waals surface area contributed by atoms with E-state index in [9.17, 15) is 13.2 Å². The molecule has 2 rings (SSSR count). The van der Waals surface area contributed by atoms with E-state index in [1.165, 1.54) is 26.4 Å². The summed E-state index contributed by atoms with van der Waals surface area (Å²) in [6.07, 6.45) is -4.51. The van der Waals surface area contributed by atoms with Crippen LogP contribution in [0.15, 0.2) is 34.3 Å². The number of nitrogens with zero attached hydrogens (tertiary/aromatic N) is 3. The van der Waals surface area contributed by atoms with Gasteiger partial charge in [0.2, 0.25) is 11.8 Å². The van der Waals surface area contributed by atoms with E-state index in [2.05, 4.69) is 9.97 Å². The molecule has 1 aromatic heterocycles. The monoisotopic (exact) mass is 341 g/mol. The third-order valence-corrected chi connectivity index (χ3v) is 3.65. The van der Waals surface area contributed by atoms with Gasteiger partial charge in [0.05, 0.1) is 31.4 Å². The zero-order valence-electron chi connectivity index (χ0n) is 12.0. The van der Waals surface area contributed by atoms with Gasteiger partial charge < -0.3 is 9.47 Å². The minimum absolute atomic E-state index is 0.116. The summed E-state index contributed by atoms with van der Waals surface area (Å²) in [4.78, 5) is 8.42. The number of hydrogen-bond acceptors (Lipinski definition) is 6. The Balaban J connectivity index is 2.39. The molecule has 0 amide bonds. The van der Waals surface area contributed by atoms with Gasteiger partial charge in [0.1, 0.15) is 6.07 Å². The van der Waals surface area contributed by atoms with Crippen LogP contribution in [-0.4, -0.2) is 24.2 Å². The van der Waals surface area contributed by atoms with Crippen molar-refractivity contribution >= 4 is 11.8 Å². The van der Waals surface area contributed by atoms with Gasteiger partial charge in [-0.2, -0.15) is 28.4 Å². The fourth-order valence-corrected chi connectivity index (χ4v) is 2.44. The number of aromatic nitrogens is 2. The summed E-state index contributed by atoms with van der Waals surface area (Å²) in [6.45, 7) is 0. The van der Waals surface area contributed by atoms with Crippen molar-refractivity contribution in [3.05, 3.63) is 35.4 Å². The first-order valence-corrected chi connectivity index (χ1v) is 6.95. The second kappa shape index (κ2) is 6.75. The highest BCUT2D eigenvalue weighted by molar-refractivity contribution is 7.99. The van der Waals surface area contributed by atoms with Gasteiger partial charge in [-0.15, -0.1) is 0 Å². The molecule has 0 aliphatic carbocycles. The standard InChI is InChI=1S/C14H10F3N3O2S/c1-21-11-6-12(22-2)20-13(19-11)23-10-4-3-9(14(15,16)17)5-8(10)7-18/h3-6H,1-2H3. The van der Waals surface area contributed by atoms with Crippen LogP contribution in [0, 0.1) is 11.3 Å². The number of nitriles is 1. The number of rotatable bonds is 4. The van der Waals surface area contributed by atoms with E-state index < -0.39 is 11.7 Å². The first kappa shape index (κ1) is 16.9. The van der Waals surface area contributed by atoms with Crippen molar-refractivity contribution in [2.24, 2.45) is 0 Å². The fourth-order valence-electron chi connectivity index (χ4n) is 1.62. The average Bonchev–Trinajstić information content (AvgIpc) is 2.53. The highest BCUT2D eigenvalue weighted by Gasteiger charge is 2.31. The Morgan fingerprint density at radius 1 is 1.09 bits per heavy atom. The number of ether oxygens (including phenoxy) is 2. The smallest absolute Gasteiger partial charge is 0.416 e. The van der Waals surface area contributed by atoms with Crippen molar-refractivity contribution in [1.29, 1.82) is 5.26 Å². The van der Waals surface area contributed by atoms with Gasteiger partial charge >= 0.3 is 6.18 Å². The molecular weight excluding hydrogens is 331 g/mol. The van der Waals surface area contributed by atoms with Crippen LogP contribution in [0.2, 0.25) is 0 Å². The number of halogens is 3. The van der Waals surface area contributed by atoms with E-state index in [1.807, 2.05) is 0 Å². The molecule has 120 valence electrons. The van der Waals surface area contributed by atoms with Gasteiger partial charge in [0, 0.05) is 4.90 Å². The van der Waals surface area contributed by atoms with Gasteiger partial charge in [-0.05, 0) is 30.0 Å². The molecule has 5 nitrogen and oxygen atoms in total. The molecular formula is C14H10F3N3O2S. The predicted molar refractivity (Wildman–Crippen MR) is 75.4 cm³/mol. The first-order chi connectivity index (χ1) is 10.9. The molecule has 0 spiro atoms. The molecule has 0 radical (unpaired) electrons. The van der Waals surface area contributed by atoms with E-state index in [4.69, 9.17) is 14.7 Å². The van der Waals surface area contributed by atoms with E-state index in [-0.39, 0.29) is 22.5 Å². The second-order valence-corrected chi connectivity index (χ2v) is 5.17. The Labute approximate surface area is 134 Å². The molecule has 0 saturated carbocycles. The summed E-state index contributed by atoms with van der Waals surface area (Å²) in [5.74, 6) is 0.481. The molecule has 1 aromatic carbocycles. The lowest BCUT2D eigenvalue weighted by Gasteiger charge is -2.10. The highest BCUT2D eigenvalue weighted by Crippen LogP contribution is 2.35. The van der Waals surface area contributed by atoms with Crippen LogP contribution in [-0.2, 0) is 6.18 Å². The molecule has 23 heavy (non-hydrogen) atoms. The van der Waals surface area contributed by atoms with Crippen molar-refractivity contribution < 1.29 is 22.6 Å². The van der Waals surface area contributed by atoms with Crippen molar-refractivity contribution in [2.45, 2.75) is 16.2 Å². The molecule has 0 fully saturated rings. The van der Waals surface area contributed by atoms with Crippen molar-refractivity contribution in [2.75, 3.05) is 14.2 Å². The Kier molecular flexibility index (Phi) is 4.95. The Morgan fingerprint density at radius 2 is 1.70 bits per heavy atom. The predicted octanol–water partition coefficient (Wildman–Crippen LogP) is 3.54. The minimum atomic E-state index is -4.51. The maximum Gasteiger partial charge on any atom is 0.416 e. The molecule has 0 aliphatic heterocycles. The van der Waals surface area contributed by atoms with Crippen LogP contribution >= 0.6 is 11.8 Å². The fraction of sp³-hybridized carbons (Fsp3) is 0.214. The van der Waals surface area contributed by atoms with Crippen molar-refractivity contribution in [3.63, 3.8) is 0 Å². The molecule has 0 N–H and O–H groups in total. The molecule has 0 saturated heterocycles. The lowest BCUT2D eigenvalue weighted by molar-refractivity contribution is -0.137. The van der Waals surface area contributed by atoms with Crippen molar-refractivity contribution in [3.8, 4) is 17.8 Å². The summed E-state index contributed by atoms with van der Waals surface area (Å²) in [5, 5.41) is 9.26. The van der Waals surface area contributed by atoms with Gasteiger partial charge in [-0.3, -0.25) is 0 Å². The Morgan fingerprint density at radius 3 is 2.17 bits per heavy atom. The largest absolute Gasteiger partial charge is 0.481 e. The number of benzene rings is 1. The SMILES string of the molecule is COc1cc(OC)nc(Sc2ccc(C(F)(F)F)cc2C#N)n1. The van der Waals surface area contributed by atoms with Crippen LogP contribution in [0.3, 0.4) is 0 Å². The second-order valence-electron chi connectivity index (χ2n) is 4.16. The normalized spacial score (nSPS) is 11.0. The number of methoxy groups -OCH3 is 2. The van der Waals surface area contributed by atoms with E-state index in [0.29, 0.717) is 4.90 Å². The zero-order chi connectivity index (χ0) is 17.0. The molecule has 9 heteroatoms. The maximum atomic E-state index is 12.7. The molecule has 0 unspecified atom stereocenters. The average molecular weight is 341 g/mol. The summed E-state index contributed by atoms with van der Waals surface area (Å²) in [7, 11) is 2.82. The van der Waals surface area contributed by atoms with E-state index >= 15 is 0 Å². The summed E-state index contributed by atoms with van der Waals surface area (Å²) in [6, 6.07) is 6.11. The van der Waals surface area contributed by atoms with Crippen LogP contribution in [0.25, 0.3) is 0 Å². The van der Waals surface area contributed by atoms with Gasteiger partial charge in [-0.1, -0.05) is 0 Å². The van der Waals surface area contributed by atoms with Crippen LogP contribution in [0.1, 0.15) is 11.1 Å². The zero-order valence-corrected chi connectivity index (χ0v) is 12.8. The first-order valence-electron chi connectivity index (χ1n) is 6.13. The van der Waals surface area contributed by atoms with E-state index in [0.717, 1.165) is 23.9 Å². The quantitative estimate of drug-likeness (QED) is 0.793. The molecule has 2 aromatic rings. The lowest BCUT2D eigenvalue weighted by atomic mass is 10.1. The van der Waals surface area contributed by atoms with Gasteiger partial charge in [0.15, 0.2) is 5.16 Å². The minimum Gasteiger partial charge on any atom is -0.481 e. The lowest BCUT2D eigenvalue weighted by Crippen LogP contribution is -2.05. The summed E-state index contributed by atoms with van der Waals surface area (Å²) < 4.78 is 48.1. The summed E-state index contributed by atoms with van der Waals surface area (Å²) >= 11 is 0.945. The topological polar surface area (TPSA) is 68.0 Å².